The number of anilines is 2. The SMILES string of the molecule is CC(=O)Nc1cccc(NC(=O)c2oc(C)nc2C(C)C)c1. The van der Waals surface area contributed by atoms with Crippen molar-refractivity contribution < 1.29 is 14.0 Å². The summed E-state index contributed by atoms with van der Waals surface area (Å²) in [6.45, 7) is 7.04. The predicted octanol–water partition coefficient (Wildman–Crippen LogP) is 3.32. The van der Waals surface area contributed by atoms with Gasteiger partial charge in [-0.15, -0.1) is 0 Å². The van der Waals surface area contributed by atoms with Crippen molar-refractivity contribution in [3.63, 3.8) is 0 Å². The van der Waals surface area contributed by atoms with Gasteiger partial charge < -0.3 is 15.1 Å². The molecule has 1 aromatic heterocycles. The lowest BCUT2D eigenvalue weighted by atomic mass is 10.1. The van der Waals surface area contributed by atoms with Crippen LogP contribution in [0.1, 0.15) is 48.8 Å². The van der Waals surface area contributed by atoms with Gasteiger partial charge in [-0.3, -0.25) is 9.59 Å². The Bertz CT molecular complexity index is 704. The van der Waals surface area contributed by atoms with Gasteiger partial charge in [0.15, 0.2) is 5.89 Å². The lowest BCUT2D eigenvalue weighted by Crippen LogP contribution is -2.14. The van der Waals surface area contributed by atoms with Gasteiger partial charge in [-0.05, 0) is 24.1 Å². The smallest absolute Gasteiger partial charge is 0.293 e. The van der Waals surface area contributed by atoms with E-state index < -0.39 is 0 Å². The van der Waals surface area contributed by atoms with Gasteiger partial charge in [0.25, 0.3) is 5.91 Å². The number of aryl methyl sites for hydroxylation is 1. The first kappa shape index (κ1) is 15.8. The minimum atomic E-state index is -0.357. The molecule has 116 valence electrons. The monoisotopic (exact) mass is 301 g/mol. The zero-order valence-corrected chi connectivity index (χ0v) is 13.1. The predicted molar refractivity (Wildman–Crippen MR) is 84.0 cm³/mol. The van der Waals surface area contributed by atoms with E-state index in [2.05, 4.69) is 15.6 Å². The maximum atomic E-state index is 12.4. The lowest BCUT2D eigenvalue weighted by molar-refractivity contribution is -0.114. The van der Waals surface area contributed by atoms with Crippen molar-refractivity contribution in [2.75, 3.05) is 10.6 Å². The molecule has 0 aliphatic rings. The Morgan fingerprint density at radius 3 is 2.41 bits per heavy atom. The zero-order chi connectivity index (χ0) is 16.3. The van der Waals surface area contributed by atoms with E-state index in [0.717, 1.165) is 0 Å². The molecule has 0 saturated heterocycles. The molecule has 0 spiro atoms. The number of hydrogen-bond donors (Lipinski definition) is 2. The van der Waals surface area contributed by atoms with Gasteiger partial charge in [0, 0.05) is 25.2 Å². The van der Waals surface area contributed by atoms with E-state index in [9.17, 15) is 9.59 Å². The van der Waals surface area contributed by atoms with Crippen molar-refractivity contribution in [2.45, 2.75) is 33.6 Å². The summed E-state index contributed by atoms with van der Waals surface area (Å²) in [6.07, 6.45) is 0. The number of carbonyl (C=O) groups is 2. The molecule has 0 radical (unpaired) electrons. The standard InChI is InChI=1S/C16H19N3O3/c1-9(2)14-15(22-11(4)18-14)16(21)19-13-7-5-6-12(8-13)17-10(3)20/h5-9H,1-4H3,(H,17,20)(H,19,21). The van der Waals surface area contributed by atoms with E-state index in [1.54, 1.807) is 31.2 Å². The fourth-order valence-corrected chi connectivity index (χ4v) is 2.06. The van der Waals surface area contributed by atoms with Crippen LogP contribution in [0.15, 0.2) is 28.7 Å². The zero-order valence-electron chi connectivity index (χ0n) is 13.1. The normalized spacial score (nSPS) is 10.6. The molecule has 0 bridgehead atoms. The van der Waals surface area contributed by atoms with Gasteiger partial charge in [-0.2, -0.15) is 0 Å². The van der Waals surface area contributed by atoms with Crippen LogP contribution in [0.2, 0.25) is 0 Å². The molecule has 2 N–H and O–H groups in total. The van der Waals surface area contributed by atoms with Gasteiger partial charge in [0.1, 0.15) is 0 Å². The van der Waals surface area contributed by atoms with Gasteiger partial charge in [-0.1, -0.05) is 19.9 Å². The molecule has 2 rings (SSSR count). The second-order valence-electron chi connectivity index (χ2n) is 5.32. The maximum Gasteiger partial charge on any atom is 0.293 e. The summed E-state index contributed by atoms with van der Waals surface area (Å²) in [6, 6.07) is 6.91. The first-order valence-corrected chi connectivity index (χ1v) is 7.03. The minimum absolute atomic E-state index is 0.0870. The Kier molecular flexibility index (Phi) is 4.60. The first-order chi connectivity index (χ1) is 10.4. The number of aromatic nitrogens is 1. The Morgan fingerprint density at radius 1 is 1.18 bits per heavy atom. The molecule has 22 heavy (non-hydrogen) atoms. The number of rotatable bonds is 4. The molecule has 6 heteroatoms. The highest BCUT2D eigenvalue weighted by Crippen LogP contribution is 2.22. The molecule has 0 unspecified atom stereocenters. The molecule has 0 aliphatic heterocycles. The molecule has 0 atom stereocenters. The largest absolute Gasteiger partial charge is 0.436 e. The van der Waals surface area contributed by atoms with E-state index in [0.29, 0.717) is 23.0 Å². The summed E-state index contributed by atoms with van der Waals surface area (Å²) in [5.41, 5.74) is 1.82. The second-order valence-corrected chi connectivity index (χ2v) is 5.32. The molecular weight excluding hydrogens is 282 g/mol. The maximum absolute atomic E-state index is 12.4. The fraction of sp³-hybridized carbons (Fsp3) is 0.312. The molecule has 0 fully saturated rings. The third-order valence-electron chi connectivity index (χ3n) is 2.95. The summed E-state index contributed by atoms with van der Waals surface area (Å²) in [5, 5.41) is 5.42. The van der Waals surface area contributed by atoms with Gasteiger partial charge in [0.05, 0.1) is 5.69 Å². The van der Waals surface area contributed by atoms with E-state index in [1.807, 2.05) is 13.8 Å². The van der Waals surface area contributed by atoms with Crippen LogP contribution in [0.5, 0.6) is 0 Å². The van der Waals surface area contributed by atoms with Crippen LogP contribution in [-0.4, -0.2) is 16.8 Å². The topological polar surface area (TPSA) is 84.2 Å². The Hall–Kier alpha value is -2.63. The molecule has 6 nitrogen and oxygen atoms in total. The third kappa shape index (κ3) is 3.72. The number of carbonyl (C=O) groups excluding carboxylic acids is 2. The van der Waals surface area contributed by atoms with E-state index in [4.69, 9.17) is 4.42 Å². The highest BCUT2D eigenvalue weighted by atomic mass is 16.4. The Balaban J connectivity index is 2.20. The molecular formula is C16H19N3O3. The summed E-state index contributed by atoms with van der Waals surface area (Å²) in [5.74, 6) is 0.239. The van der Waals surface area contributed by atoms with E-state index in [-0.39, 0.29) is 23.5 Å². The van der Waals surface area contributed by atoms with Crippen LogP contribution in [0.3, 0.4) is 0 Å². The number of nitrogens with one attached hydrogen (secondary N) is 2. The Labute approximate surface area is 128 Å². The number of benzene rings is 1. The van der Waals surface area contributed by atoms with Crippen LogP contribution in [0.25, 0.3) is 0 Å². The van der Waals surface area contributed by atoms with Crippen molar-refractivity contribution in [2.24, 2.45) is 0 Å². The van der Waals surface area contributed by atoms with Crippen molar-refractivity contribution >= 4 is 23.2 Å². The van der Waals surface area contributed by atoms with Crippen LogP contribution < -0.4 is 10.6 Å². The second kappa shape index (κ2) is 6.43. The van der Waals surface area contributed by atoms with Gasteiger partial charge in [0.2, 0.25) is 11.7 Å². The van der Waals surface area contributed by atoms with Crippen LogP contribution in [-0.2, 0) is 4.79 Å². The number of amides is 2. The van der Waals surface area contributed by atoms with Crippen LogP contribution in [0.4, 0.5) is 11.4 Å². The minimum Gasteiger partial charge on any atom is -0.436 e. The van der Waals surface area contributed by atoms with Crippen molar-refractivity contribution in [3.05, 3.63) is 41.6 Å². The van der Waals surface area contributed by atoms with Gasteiger partial charge in [-0.25, -0.2) is 4.98 Å². The number of oxazole rings is 1. The lowest BCUT2D eigenvalue weighted by Gasteiger charge is -2.08. The van der Waals surface area contributed by atoms with E-state index >= 15 is 0 Å². The third-order valence-corrected chi connectivity index (χ3v) is 2.95. The van der Waals surface area contributed by atoms with Crippen molar-refractivity contribution in [3.8, 4) is 0 Å². The summed E-state index contributed by atoms with van der Waals surface area (Å²) < 4.78 is 5.41. The van der Waals surface area contributed by atoms with Crippen LogP contribution >= 0.6 is 0 Å². The van der Waals surface area contributed by atoms with Crippen LogP contribution in [0, 0.1) is 6.92 Å². The highest BCUT2D eigenvalue weighted by molar-refractivity contribution is 6.03. The average molecular weight is 301 g/mol. The summed E-state index contributed by atoms with van der Waals surface area (Å²) in [4.78, 5) is 27.7. The molecule has 2 aromatic rings. The van der Waals surface area contributed by atoms with Crippen molar-refractivity contribution in [1.82, 2.24) is 4.98 Å². The summed E-state index contributed by atoms with van der Waals surface area (Å²) in [7, 11) is 0. The number of nitrogens with zero attached hydrogens (tertiary/aromatic N) is 1. The van der Waals surface area contributed by atoms with E-state index in [1.165, 1.54) is 6.92 Å². The van der Waals surface area contributed by atoms with Crippen molar-refractivity contribution in [1.29, 1.82) is 0 Å². The highest BCUT2D eigenvalue weighted by Gasteiger charge is 2.21. The molecule has 1 heterocycles. The fourth-order valence-electron chi connectivity index (χ4n) is 2.06. The first-order valence-electron chi connectivity index (χ1n) is 7.03. The molecule has 2 amide bonds. The molecule has 0 aliphatic carbocycles. The molecule has 1 aromatic carbocycles. The number of hydrogen-bond acceptors (Lipinski definition) is 4. The molecule has 0 saturated carbocycles. The Morgan fingerprint density at radius 2 is 1.82 bits per heavy atom. The summed E-state index contributed by atoms with van der Waals surface area (Å²) >= 11 is 0. The van der Waals surface area contributed by atoms with Gasteiger partial charge >= 0.3 is 0 Å². The average Bonchev–Trinajstić information content (AvgIpc) is 2.81. The quantitative estimate of drug-likeness (QED) is 0.907.